The van der Waals surface area contributed by atoms with Crippen molar-refractivity contribution >= 4 is 24.2 Å². The fourth-order valence-electron chi connectivity index (χ4n) is 4.60. The molecule has 0 aromatic heterocycles. The maximum absolute atomic E-state index is 14.4. The third kappa shape index (κ3) is 5.68. The third-order valence-electron chi connectivity index (χ3n) is 6.03. The van der Waals surface area contributed by atoms with E-state index in [-0.39, 0.29) is 17.7 Å². The van der Waals surface area contributed by atoms with Crippen molar-refractivity contribution in [3.63, 3.8) is 0 Å². The van der Waals surface area contributed by atoms with Gasteiger partial charge in [0.05, 0.1) is 0 Å². The number of carbonyl (C=O) groups excluding carboxylic acids is 3. The number of hydrogen-bond acceptors (Lipinski definition) is 5. The van der Waals surface area contributed by atoms with Crippen LogP contribution in [0.25, 0.3) is 0 Å². The van der Waals surface area contributed by atoms with E-state index in [1.807, 2.05) is 56.3 Å². The molecule has 0 saturated carbocycles. The normalized spacial score (nSPS) is 11.3. The fraction of sp³-hybridized carbons (Fsp3) is 0.276. The Balaban J connectivity index is 2.06. The van der Waals surface area contributed by atoms with Gasteiger partial charge in [0.1, 0.15) is 12.8 Å². The second kappa shape index (κ2) is 10.5. The first-order valence-corrected chi connectivity index (χ1v) is 13.4. The van der Waals surface area contributed by atoms with Gasteiger partial charge in [-0.15, -0.1) is 0 Å². The molecule has 182 valence electrons. The zero-order valence-corrected chi connectivity index (χ0v) is 22.0. The number of ether oxygens (including phenoxy) is 1. The Hall–Kier alpha value is -3.30. The SMILES string of the molecule is Cc1cc(C)c(C(=O)P(=O)(CC(=O)OCc2ccccc2)C(=O)c2c(C)cc(C)cc2C)c(C)c1. The minimum absolute atomic E-state index is 0.0345. The lowest BCUT2D eigenvalue weighted by atomic mass is 10.0. The van der Waals surface area contributed by atoms with Gasteiger partial charge >= 0.3 is 5.97 Å². The molecule has 0 N–H and O–H groups in total. The summed E-state index contributed by atoms with van der Waals surface area (Å²) in [5, 5.41) is 0. The van der Waals surface area contributed by atoms with E-state index < -0.39 is 30.3 Å². The van der Waals surface area contributed by atoms with Gasteiger partial charge in [-0.1, -0.05) is 65.7 Å². The van der Waals surface area contributed by atoms with E-state index in [9.17, 15) is 18.9 Å². The van der Waals surface area contributed by atoms with Gasteiger partial charge in [-0.2, -0.15) is 0 Å². The quantitative estimate of drug-likeness (QED) is 0.262. The summed E-state index contributed by atoms with van der Waals surface area (Å²) in [6.45, 7) is 10.8. The second-order valence-electron chi connectivity index (χ2n) is 9.20. The molecule has 0 aliphatic heterocycles. The summed E-state index contributed by atoms with van der Waals surface area (Å²) in [7, 11) is -4.41. The van der Waals surface area contributed by atoms with Crippen molar-refractivity contribution in [2.75, 3.05) is 6.16 Å². The van der Waals surface area contributed by atoms with Crippen molar-refractivity contribution in [1.29, 1.82) is 0 Å². The van der Waals surface area contributed by atoms with Gasteiger partial charge in [-0.25, -0.2) is 0 Å². The van der Waals surface area contributed by atoms with Gasteiger partial charge in [0, 0.05) is 11.1 Å². The lowest BCUT2D eigenvalue weighted by molar-refractivity contribution is -0.141. The van der Waals surface area contributed by atoms with Crippen LogP contribution in [0.4, 0.5) is 0 Å². The summed E-state index contributed by atoms with van der Waals surface area (Å²) in [5.41, 5.74) is 3.99. The molecule has 3 aromatic carbocycles. The maximum Gasteiger partial charge on any atom is 0.314 e. The molecule has 35 heavy (non-hydrogen) atoms. The van der Waals surface area contributed by atoms with E-state index in [0.717, 1.165) is 16.7 Å². The van der Waals surface area contributed by atoms with Crippen LogP contribution in [0.5, 0.6) is 0 Å². The molecular formula is C29H31O5P. The minimum atomic E-state index is -4.41. The van der Waals surface area contributed by atoms with Crippen molar-refractivity contribution in [3.05, 3.63) is 105 Å². The topological polar surface area (TPSA) is 77.5 Å². The molecule has 0 aliphatic carbocycles. The van der Waals surface area contributed by atoms with Gasteiger partial charge in [-0.3, -0.25) is 14.4 Å². The number of aryl methyl sites for hydroxylation is 6. The van der Waals surface area contributed by atoms with Crippen LogP contribution in [0.15, 0.2) is 54.6 Å². The van der Waals surface area contributed by atoms with E-state index in [1.54, 1.807) is 39.8 Å². The van der Waals surface area contributed by atoms with Crippen LogP contribution in [0.1, 0.15) is 59.7 Å². The molecule has 0 aliphatic rings. The molecule has 3 aromatic rings. The second-order valence-corrected chi connectivity index (χ2v) is 11.8. The van der Waals surface area contributed by atoms with Gasteiger partial charge < -0.3 is 9.30 Å². The highest BCUT2D eigenvalue weighted by molar-refractivity contribution is 7.96. The predicted octanol–water partition coefficient (Wildman–Crippen LogP) is 6.62. The van der Waals surface area contributed by atoms with Crippen LogP contribution in [-0.2, 0) is 20.7 Å². The van der Waals surface area contributed by atoms with Gasteiger partial charge in [-0.05, 0) is 69.4 Å². The van der Waals surface area contributed by atoms with Crippen molar-refractivity contribution < 1.29 is 23.7 Å². The van der Waals surface area contributed by atoms with E-state index in [1.165, 1.54) is 0 Å². The molecular weight excluding hydrogens is 459 g/mol. The van der Waals surface area contributed by atoms with Gasteiger partial charge in [0.15, 0.2) is 0 Å². The first kappa shape index (κ1) is 26.3. The predicted molar refractivity (Wildman–Crippen MR) is 139 cm³/mol. The lowest BCUT2D eigenvalue weighted by Crippen LogP contribution is -2.22. The molecule has 0 radical (unpaired) electrons. The number of benzene rings is 3. The minimum Gasteiger partial charge on any atom is -0.460 e. The molecule has 0 spiro atoms. The van der Waals surface area contributed by atoms with Gasteiger partial charge in [0.2, 0.25) is 18.2 Å². The first-order valence-electron chi connectivity index (χ1n) is 11.5. The summed E-state index contributed by atoms with van der Waals surface area (Å²) in [6.07, 6.45) is -0.781. The average Bonchev–Trinajstić information content (AvgIpc) is 2.76. The average molecular weight is 491 g/mol. The third-order valence-corrected chi connectivity index (χ3v) is 8.50. The highest BCUT2D eigenvalue weighted by atomic mass is 31.2. The largest absolute Gasteiger partial charge is 0.460 e. The number of rotatable bonds is 8. The number of carbonyl (C=O) groups is 3. The molecule has 0 amide bonds. The number of esters is 1. The smallest absolute Gasteiger partial charge is 0.314 e. The van der Waals surface area contributed by atoms with Crippen LogP contribution in [0, 0.1) is 41.5 Å². The van der Waals surface area contributed by atoms with Crippen molar-refractivity contribution in [3.8, 4) is 0 Å². The Bertz CT molecular complexity index is 1240. The summed E-state index contributed by atoms with van der Waals surface area (Å²) >= 11 is 0. The van der Waals surface area contributed by atoms with Crippen molar-refractivity contribution in [2.45, 2.75) is 48.1 Å². The standard InChI is InChI=1S/C29H31O5P/c1-18-12-20(3)26(21(4)13-18)28(31)35(33,17-25(30)34-16-24-10-8-7-9-11-24)29(32)27-22(5)14-19(2)15-23(27)6/h7-15H,16-17H2,1-6H3. The Morgan fingerprint density at radius 2 is 1.09 bits per heavy atom. The molecule has 0 unspecified atom stereocenters. The Kier molecular flexibility index (Phi) is 7.92. The maximum atomic E-state index is 14.4. The molecule has 3 rings (SSSR count). The van der Waals surface area contributed by atoms with Crippen LogP contribution < -0.4 is 0 Å². The number of hydrogen-bond donors (Lipinski definition) is 0. The fourth-order valence-corrected chi connectivity index (χ4v) is 6.95. The van der Waals surface area contributed by atoms with Crippen LogP contribution in [0.2, 0.25) is 0 Å². The van der Waals surface area contributed by atoms with Crippen molar-refractivity contribution in [1.82, 2.24) is 0 Å². The van der Waals surface area contributed by atoms with Crippen LogP contribution in [-0.4, -0.2) is 23.2 Å². The summed E-state index contributed by atoms with van der Waals surface area (Å²) in [6, 6.07) is 16.3. The first-order chi connectivity index (χ1) is 16.4. The Morgan fingerprint density at radius 3 is 1.49 bits per heavy atom. The molecule has 0 bridgehead atoms. The zero-order valence-electron chi connectivity index (χ0n) is 21.1. The summed E-state index contributed by atoms with van der Waals surface area (Å²) < 4.78 is 19.8. The van der Waals surface area contributed by atoms with Crippen LogP contribution in [0.3, 0.4) is 0 Å². The highest BCUT2D eigenvalue weighted by Crippen LogP contribution is 2.53. The summed E-state index contributed by atoms with van der Waals surface area (Å²) in [5.74, 6) is -0.844. The Morgan fingerprint density at radius 1 is 0.686 bits per heavy atom. The molecule has 0 atom stereocenters. The van der Waals surface area contributed by atoms with Crippen molar-refractivity contribution in [2.24, 2.45) is 0 Å². The zero-order chi connectivity index (χ0) is 25.9. The molecule has 0 fully saturated rings. The molecule has 5 nitrogen and oxygen atoms in total. The molecule has 6 heteroatoms. The van der Waals surface area contributed by atoms with Crippen LogP contribution >= 0.6 is 7.14 Å². The van der Waals surface area contributed by atoms with E-state index in [0.29, 0.717) is 22.3 Å². The lowest BCUT2D eigenvalue weighted by Gasteiger charge is -2.20. The van der Waals surface area contributed by atoms with E-state index >= 15 is 0 Å². The Labute approximate surface area is 206 Å². The van der Waals surface area contributed by atoms with E-state index in [2.05, 4.69) is 0 Å². The summed E-state index contributed by atoms with van der Waals surface area (Å²) in [4.78, 5) is 40.5. The monoisotopic (exact) mass is 490 g/mol. The van der Waals surface area contributed by atoms with E-state index in [4.69, 9.17) is 4.74 Å². The molecule has 0 saturated heterocycles. The molecule has 0 heterocycles. The highest BCUT2D eigenvalue weighted by Gasteiger charge is 2.45. The van der Waals surface area contributed by atoms with Gasteiger partial charge in [0.25, 0.3) is 0 Å².